The zero-order valence-electron chi connectivity index (χ0n) is 17.2. The van der Waals surface area contributed by atoms with E-state index in [0.717, 1.165) is 16.0 Å². The second-order valence-electron chi connectivity index (χ2n) is 6.75. The van der Waals surface area contributed by atoms with E-state index in [-0.39, 0.29) is 12.6 Å². The predicted octanol–water partition coefficient (Wildman–Crippen LogP) is 3.51. The van der Waals surface area contributed by atoms with Crippen molar-refractivity contribution in [3.8, 4) is 11.5 Å². The van der Waals surface area contributed by atoms with Gasteiger partial charge in [-0.1, -0.05) is 23.5 Å². The van der Waals surface area contributed by atoms with Gasteiger partial charge in [-0.3, -0.25) is 4.79 Å². The number of rotatable bonds is 6. The Bertz CT molecular complexity index is 1180. The van der Waals surface area contributed by atoms with Gasteiger partial charge in [-0.2, -0.15) is 16.8 Å². The molecule has 162 valence electrons. The highest BCUT2D eigenvalue weighted by atomic mass is 32.2. The van der Waals surface area contributed by atoms with Crippen LogP contribution < -0.4 is 14.3 Å². The zero-order valence-corrected chi connectivity index (χ0v) is 18.8. The number of carbonyl (C=O) groups is 2. The van der Waals surface area contributed by atoms with Crippen molar-refractivity contribution in [3.05, 3.63) is 52.8 Å². The molecule has 1 aliphatic heterocycles. The number of thiazole rings is 1. The van der Waals surface area contributed by atoms with Gasteiger partial charge in [0.25, 0.3) is 5.91 Å². The van der Waals surface area contributed by atoms with Crippen LogP contribution in [0.4, 0.5) is 0 Å². The maximum absolute atomic E-state index is 12.9. The van der Waals surface area contributed by atoms with Crippen LogP contribution in [0.2, 0.25) is 0 Å². The second kappa shape index (κ2) is 9.57. The lowest BCUT2D eigenvalue weighted by molar-refractivity contribution is -0.127. The highest BCUT2D eigenvalue weighted by Gasteiger charge is 2.27. The van der Waals surface area contributed by atoms with Crippen molar-refractivity contribution < 1.29 is 23.8 Å². The number of hydrogen-bond acceptors (Lipinski definition) is 7. The summed E-state index contributed by atoms with van der Waals surface area (Å²) in [6.07, 6.45) is 1.23. The van der Waals surface area contributed by atoms with Crippen LogP contribution in [0.25, 0.3) is 10.2 Å². The number of hydrogen-bond donors (Lipinski definition) is 0. The first-order chi connectivity index (χ1) is 15.1. The molecule has 1 aliphatic rings. The summed E-state index contributed by atoms with van der Waals surface area (Å²) >= 11 is 3.07. The monoisotopic (exact) mass is 458 g/mol. The molecule has 1 aromatic heterocycles. The molecule has 3 aromatic rings. The van der Waals surface area contributed by atoms with Crippen molar-refractivity contribution in [2.75, 3.05) is 25.2 Å². The molecule has 0 aliphatic carbocycles. The maximum Gasteiger partial charge on any atom is 0.338 e. The molecular weight excluding hydrogens is 436 g/mol. The summed E-state index contributed by atoms with van der Waals surface area (Å²) in [5, 5.41) is 0. The molecule has 2 heterocycles. The number of aryl methyl sites for hydroxylation is 1. The summed E-state index contributed by atoms with van der Waals surface area (Å²) in [4.78, 5) is 29.9. The van der Waals surface area contributed by atoms with Gasteiger partial charge < -0.3 is 18.8 Å². The van der Waals surface area contributed by atoms with Crippen molar-refractivity contribution in [1.82, 2.24) is 4.57 Å². The molecule has 0 bridgehead atoms. The smallest absolute Gasteiger partial charge is 0.338 e. The molecule has 0 N–H and O–H groups in total. The summed E-state index contributed by atoms with van der Waals surface area (Å²) in [6, 6.07) is 12.6. The van der Waals surface area contributed by atoms with Crippen molar-refractivity contribution in [2.45, 2.75) is 19.6 Å². The zero-order chi connectivity index (χ0) is 21.8. The predicted molar refractivity (Wildman–Crippen MR) is 121 cm³/mol. The Hall–Kier alpha value is -2.78. The van der Waals surface area contributed by atoms with E-state index in [1.807, 2.05) is 29.0 Å². The average Bonchev–Trinajstić information content (AvgIpc) is 3.13. The fourth-order valence-corrected chi connectivity index (χ4v) is 4.67. The van der Waals surface area contributed by atoms with Gasteiger partial charge in [0.2, 0.25) is 6.10 Å². The van der Waals surface area contributed by atoms with E-state index in [1.165, 1.54) is 11.3 Å². The van der Waals surface area contributed by atoms with Gasteiger partial charge >= 0.3 is 5.97 Å². The number of esters is 1. The van der Waals surface area contributed by atoms with Gasteiger partial charge in [0.1, 0.15) is 6.61 Å². The fourth-order valence-electron chi connectivity index (χ4n) is 3.21. The van der Waals surface area contributed by atoms with Gasteiger partial charge in [-0.25, -0.2) is 4.79 Å². The molecule has 1 unspecified atom stereocenters. The van der Waals surface area contributed by atoms with Crippen LogP contribution in [0.3, 0.4) is 0 Å². The van der Waals surface area contributed by atoms with E-state index in [1.54, 1.807) is 43.0 Å². The molecule has 9 heteroatoms. The summed E-state index contributed by atoms with van der Waals surface area (Å²) in [6.45, 7) is 2.89. The number of aromatic nitrogens is 1. The SMILES string of the molecule is CCOC(=O)c1ccc2c(c1)sc(=NC(=O)C1COc3ccccc3O1)n2CCSC. The van der Waals surface area contributed by atoms with Crippen LogP contribution in [-0.4, -0.2) is 47.8 Å². The third kappa shape index (κ3) is 4.62. The third-order valence-electron chi connectivity index (χ3n) is 4.70. The van der Waals surface area contributed by atoms with E-state index in [0.29, 0.717) is 35.0 Å². The van der Waals surface area contributed by atoms with Crippen LogP contribution >= 0.6 is 23.1 Å². The van der Waals surface area contributed by atoms with E-state index < -0.39 is 12.0 Å². The Kier molecular flexibility index (Phi) is 6.62. The third-order valence-corrected chi connectivity index (χ3v) is 6.33. The van der Waals surface area contributed by atoms with E-state index in [2.05, 4.69) is 4.99 Å². The fraction of sp³-hybridized carbons (Fsp3) is 0.318. The van der Waals surface area contributed by atoms with E-state index in [4.69, 9.17) is 14.2 Å². The number of thioether (sulfide) groups is 1. The molecule has 0 radical (unpaired) electrons. The lowest BCUT2D eigenvalue weighted by Crippen LogP contribution is -2.36. The summed E-state index contributed by atoms with van der Waals surface area (Å²) < 4.78 is 19.4. The summed E-state index contributed by atoms with van der Waals surface area (Å²) in [5.74, 6) is 1.26. The van der Waals surface area contributed by atoms with Crippen molar-refractivity contribution >= 4 is 45.2 Å². The van der Waals surface area contributed by atoms with Crippen molar-refractivity contribution in [2.24, 2.45) is 4.99 Å². The summed E-state index contributed by atoms with van der Waals surface area (Å²) in [7, 11) is 0. The number of ether oxygens (including phenoxy) is 3. The van der Waals surface area contributed by atoms with Gasteiger partial charge in [0, 0.05) is 12.3 Å². The number of fused-ring (bicyclic) bond motifs is 2. The molecular formula is C22H22N2O5S2. The Labute approximate surface area is 187 Å². The molecule has 0 fully saturated rings. The van der Waals surface area contributed by atoms with Crippen LogP contribution in [0.5, 0.6) is 11.5 Å². The number of nitrogens with zero attached hydrogens (tertiary/aromatic N) is 2. The first-order valence-corrected chi connectivity index (χ1v) is 12.1. The van der Waals surface area contributed by atoms with Gasteiger partial charge in [0.15, 0.2) is 16.3 Å². The Morgan fingerprint density at radius 1 is 1.26 bits per heavy atom. The standard InChI is InChI=1S/C22H22N2O5S2/c1-3-27-21(26)14-8-9-15-19(12-14)31-22(24(15)10-11-30-2)23-20(25)18-13-28-16-6-4-5-7-17(16)29-18/h4-9,12,18H,3,10-11,13H2,1-2H3. The highest BCUT2D eigenvalue weighted by Crippen LogP contribution is 2.31. The topological polar surface area (TPSA) is 79.1 Å². The number of amides is 1. The normalized spacial score (nSPS) is 15.8. The molecule has 2 aromatic carbocycles. The average molecular weight is 459 g/mol. The van der Waals surface area contributed by atoms with Crippen molar-refractivity contribution in [1.29, 1.82) is 0 Å². The molecule has 31 heavy (non-hydrogen) atoms. The Morgan fingerprint density at radius 2 is 2.06 bits per heavy atom. The van der Waals surface area contributed by atoms with Crippen LogP contribution in [0.15, 0.2) is 47.5 Å². The summed E-state index contributed by atoms with van der Waals surface area (Å²) in [5.41, 5.74) is 1.40. The quantitative estimate of drug-likeness (QED) is 0.526. The Balaban J connectivity index is 1.68. The van der Waals surface area contributed by atoms with Gasteiger partial charge in [-0.05, 0) is 43.5 Å². The molecule has 0 spiro atoms. The minimum absolute atomic E-state index is 0.113. The minimum Gasteiger partial charge on any atom is -0.485 e. The lowest BCUT2D eigenvalue weighted by atomic mass is 10.2. The second-order valence-corrected chi connectivity index (χ2v) is 8.74. The van der Waals surface area contributed by atoms with Gasteiger partial charge in [0.05, 0.1) is 22.4 Å². The maximum atomic E-state index is 12.9. The number of para-hydroxylation sites is 2. The van der Waals surface area contributed by atoms with Crippen LogP contribution in [0, 0.1) is 0 Å². The molecule has 7 nitrogen and oxygen atoms in total. The lowest BCUT2D eigenvalue weighted by Gasteiger charge is -2.23. The molecule has 1 amide bonds. The molecule has 4 rings (SSSR count). The Morgan fingerprint density at radius 3 is 2.84 bits per heavy atom. The van der Waals surface area contributed by atoms with E-state index in [9.17, 15) is 9.59 Å². The van der Waals surface area contributed by atoms with Gasteiger partial charge in [-0.15, -0.1) is 0 Å². The van der Waals surface area contributed by atoms with Crippen molar-refractivity contribution in [3.63, 3.8) is 0 Å². The van der Waals surface area contributed by atoms with Crippen LogP contribution in [-0.2, 0) is 16.1 Å². The van der Waals surface area contributed by atoms with Crippen LogP contribution in [0.1, 0.15) is 17.3 Å². The molecule has 0 saturated carbocycles. The number of carbonyl (C=O) groups excluding carboxylic acids is 2. The molecule has 1 atom stereocenters. The number of benzene rings is 2. The molecule has 0 saturated heterocycles. The largest absolute Gasteiger partial charge is 0.485 e. The minimum atomic E-state index is -0.802. The highest BCUT2D eigenvalue weighted by molar-refractivity contribution is 7.98. The first kappa shape index (κ1) is 21.5. The van der Waals surface area contributed by atoms with E-state index >= 15 is 0 Å². The first-order valence-electron chi connectivity index (χ1n) is 9.87.